The highest BCUT2D eigenvalue weighted by Gasteiger charge is 2.39. The number of carboxylic acids is 1. The fourth-order valence-electron chi connectivity index (χ4n) is 6.88. The average molecular weight is 910 g/mol. The molecular weight excluding hydrogens is 829 g/mol. The predicted octanol–water partition coefficient (Wildman–Crippen LogP) is 9.32. The smallest absolute Gasteiger partial charge is 0.472 e. The van der Waals surface area contributed by atoms with Gasteiger partial charge < -0.3 is 35.4 Å². The number of hydrogen-bond donors (Lipinski definition) is 5. The molecule has 1 aliphatic rings. The van der Waals surface area contributed by atoms with Gasteiger partial charge in [0.25, 0.3) is 0 Å². The van der Waals surface area contributed by atoms with Gasteiger partial charge >= 0.3 is 25.7 Å². The fraction of sp³-hybridized carbons (Fsp3) is 0.708. The zero-order valence-electron chi connectivity index (χ0n) is 38.1. The highest BCUT2D eigenvalue weighted by atomic mass is 31.2. The molecule has 0 bridgehead atoms. The number of allylic oxidation sites excluding steroid dienone is 8. The van der Waals surface area contributed by atoms with E-state index in [9.17, 15) is 38.8 Å². The van der Waals surface area contributed by atoms with E-state index in [1.165, 1.54) is 19.3 Å². The first-order chi connectivity index (χ1) is 30.3. The lowest BCUT2D eigenvalue weighted by molar-refractivity contribution is -0.161. The summed E-state index contributed by atoms with van der Waals surface area (Å²) in [7, 11) is -4.80. The molecule has 6 N–H and O–H groups in total. The second kappa shape index (κ2) is 37.0. The van der Waals surface area contributed by atoms with Crippen molar-refractivity contribution in [3.8, 4) is 0 Å². The number of phosphoric acid groups is 1. The standard InChI is InChI=1S/C48H80NO13P/c1-3-5-7-8-9-10-11-12-13-14-15-16-17-18-19-20-21-22-27-31-46(53)59-36-40(37-60-63(57,58)61-38-43(49)48(55)56)62-47(54)32-28-24-23-26-30-41-42(45(52)35-44(41)51)34-33-39(50)29-25-6-4-2/h9-10,12-13,15-16,18-19,33-34,39-43,45,50,52H,3-8,11,14,17,20-32,35-38,49H2,1-2H3,(H,55,56)(H,57,58)/b10-9-,13-12-,16-15-,19-18-,34-33+/t39-,40+,41+,42+,43-,45+/m0/s1. The molecule has 1 aliphatic carbocycles. The second-order valence-electron chi connectivity index (χ2n) is 16.3. The lowest BCUT2D eigenvalue weighted by Gasteiger charge is -2.20. The number of nitrogens with two attached hydrogens (primary N) is 1. The number of phosphoric ester groups is 1. The Morgan fingerprint density at radius 1 is 0.746 bits per heavy atom. The molecule has 0 spiro atoms. The highest BCUT2D eigenvalue weighted by Crippen LogP contribution is 2.43. The number of hydrogen-bond acceptors (Lipinski definition) is 12. The molecule has 15 heteroatoms. The summed E-state index contributed by atoms with van der Waals surface area (Å²) in [6.45, 7) is 2.39. The van der Waals surface area contributed by atoms with E-state index in [1.54, 1.807) is 12.2 Å². The number of carbonyl (C=O) groups is 4. The van der Waals surface area contributed by atoms with Gasteiger partial charge in [0.05, 0.1) is 25.4 Å². The number of ketones is 1. The van der Waals surface area contributed by atoms with Crippen LogP contribution < -0.4 is 5.73 Å². The van der Waals surface area contributed by atoms with Crippen LogP contribution in [0.1, 0.15) is 162 Å². The van der Waals surface area contributed by atoms with Gasteiger partial charge in [-0.1, -0.05) is 132 Å². The molecule has 0 radical (unpaired) electrons. The number of carbonyl (C=O) groups excluding carboxylic acids is 3. The summed E-state index contributed by atoms with van der Waals surface area (Å²) in [6, 6.07) is -1.57. The van der Waals surface area contributed by atoms with Crippen molar-refractivity contribution in [1.82, 2.24) is 0 Å². The molecule has 0 heterocycles. The van der Waals surface area contributed by atoms with Crippen LogP contribution in [0.25, 0.3) is 0 Å². The predicted molar refractivity (Wildman–Crippen MR) is 245 cm³/mol. The Balaban J connectivity index is 2.47. The summed E-state index contributed by atoms with van der Waals surface area (Å²) >= 11 is 0. The Labute approximate surface area is 377 Å². The Morgan fingerprint density at radius 2 is 1.29 bits per heavy atom. The first kappa shape index (κ1) is 57.8. The van der Waals surface area contributed by atoms with E-state index in [1.807, 2.05) is 0 Å². The van der Waals surface area contributed by atoms with E-state index in [0.717, 1.165) is 70.6 Å². The topological polar surface area (TPSA) is 229 Å². The molecular formula is C48H80NO13P. The third-order valence-corrected chi connectivity index (χ3v) is 11.6. The molecule has 0 aliphatic heterocycles. The highest BCUT2D eigenvalue weighted by molar-refractivity contribution is 7.47. The molecule has 14 nitrogen and oxygen atoms in total. The van der Waals surface area contributed by atoms with E-state index in [2.05, 4.69) is 67.0 Å². The van der Waals surface area contributed by atoms with E-state index < -0.39 is 69.9 Å². The molecule has 1 fully saturated rings. The largest absolute Gasteiger partial charge is 0.480 e. The van der Waals surface area contributed by atoms with Crippen LogP contribution in [0.3, 0.4) is 0 Å². The van der Waals surface area contributed by atoms with E-state index >= 15 is 0 Å². The van der Waals surface area contributed by atoms with Gasteiger partial charge in [-0.3, -0.25) is 28.2 Å². The number of carboxylic acid groups (broad SMARTS) is 1. The van der Waals surface area contributed by atoms with E-state index in [4.69, 9.17) is 24.8 Å². The van der Waals surface area contributed by atoms with Crippen molar-refractivity contribution in [3.05, 3.63) is 60.8 Å². The minimum Gasteiger partial charge on any atom is -0.480 e. The van der Waals surface area contributed by atoms with E-state index in [-0.39, 0.29) is 36.9 Å². The zero-order valence-corrected chi connectivity index (χ0v) is 39.0. The molecule has 1 unspecified atom stereocenters. The Bertz CT molecular complexity index is 1460. The molecule has 1 rings (SSSR count). The molecule has 0 aromatic carbocycles. The van der Waals surface area contributed by atoms with Gasteiger partial charge in [0, 0.05) is 31.1 Å². The molecule has 63 heavy (non-hydrogen) atoms. The molecule has 7 atom stereocenters. The Hall–Kier alpha value is -3.23. The lowest BCUT2D eigenvalue weighted by Crippen LogP contribution is -2.34. The summed E-state index contributed by atoms with van der Waals surface area (Å²) < 4.78 is 32.7. The fourth-order valence-corrected chi connectivity index (χ4v) is 7.66. The van der Waals surface area contributed by atoms with Crippen LogP contribution >= 0.6 is 7.82 Å². The van der Waals surface area contributed by atoms with Crippen molar-refractivity contribution in [2.24, 2.45) is 17.6 Å². The number of esters is 2. The van der Waals surface area contributed by atoms with Crippen molar-refractivity contribution < 1.29 is 62.5 Å². The summed E-state index contributed by atoms with van der Waals surface area (Å²) in [5, 5.41) is 29.7. The van der Waals surface area contributed by atoms with Gasteiger partial charge in [-0.25, -0.2) is 4.57 Å². The Kier molecular flexibility index (Phi) is 34.0. The average Bonchev–Trinajstić information content (AvgIpc) is 3.52. The molecule has 360 valence electrons. The molecule has 0 aromatic rings. The van der Waals surface area contributed by atoms with Crippen LogP contribution in [0, 0.1) is 11.8 Å². The molecule has 0 amide bonds. The number of ether oxygens (including phenoxy) is 2. The molecule has 1 saturated carbocycles. The first-order valence-corrected chi connectivity index (χ1v) is 24.9. The van der Waals surface area contributed by atoms with Gasteiger partial charge in [-0.15, -0.1) is 0 Å². The number of unbranched alkanes of at least 4 members (excludes halogenated alkanes) is 11. The summed E-state index contributed by atoms with van der Waals surface area (Å²) in [5.41, 5.74) is 5.33. The second-order valence-corrected chi connectivity index (χ2v) is 17.8. The maximum absolute atomic E-state index is 12.8. The molecule has 0 aromatic heterocycles. The minimum absolute atomic E-state index is 0.00694. The summed E-state index contributed by atoms with van der Waals surface area (Å²) in [6.07, 6.45) is 36.1. The number of aliphatic hydroxyl groups excluding tert-OH is 2. The van der Waals surface area contributed by atoms with Crippen molar-refractivity contribution in [3.63, 3.8) is 0 Å². The third-order valence-electron chi connectivity index (χ3n) is 10.6. The number of aliphatic carboxylic acids is 1. The van der Waals surface area contributed by atoms with Gasteiger partial charge in [-0.2, -0.15) is 0 Å². The summed E-state index contributed by atoms with van der Waals surface area (Å²) in [4.78, 5) is 58.9. The number of Topliss-reactive ketones (excluding diaryl/α,β-unsaturated/α-hetero) is 1. The zero-order chi connectivity index (χ0) is 46.6. The normalized spacial score (nSPS) is 19.5. The monoisotopic (exact) mass is 910 g/mol. The third kappa shape index (κ3) is 31.3. The van der Waals surface area contributed by atoms with Crippen molar-refractivity contribution >= 4 is 31.5 Å². The van der Waals surface area contributed by atoms with Crippen LogP contribution in [0.2, 0.25) is 0 Å². The lowest BCUT2D eigenvalue weighted by atomic mass is 9.88. The Morgan fingerprint density at radius 3 is 1.90 bits per heavy atom. The first-order valence-electron chi connectivity index (χ1n) is 23.4. The van der Waals surface area contributed by atoms with E-state index in [0.29, 0.717) is 38.5 Å². The van der Waals surface area contributed by atoms with Crippen LogP contribution in [0.4, 0.5) is 0 Å². The minimum atomic E-state index is -4.80. The van der Waals surface area contributed by atoms with Gasteiger partial charge in [0.2, 0.25) is 0 Å². The van der Waals surface area contributed by atoms with Crippen molar-refractivity contribution in [2.75, 3.05) is 19.8 Å². The van der Waals surface area contributed by atoms with Crippen LogP contribution in [-0.2, 0) is 42.3 Å². The SMILES string of the molecule is CCCCC/C=C\C/C=C\C/C=C\C/C=C\CCCCCC(=O)OC[C@H](COP(=O)(O)OC[C@H](N)C(=O)O)OC(=O)CCCCCC[C@H]1C(=O)C[C@@H](O)[C@@H]1/C=C/[C@@H](O)CCCCC. The van der Waals surface area contributed by atoms with Crippen molar-refractivity contribution in [2.45, 2.75) is 186 Å². The quantitative estimate of drug-likeness (QED) is 0.0168. The number of rotatable bonds is 39. The van der Waals surface area contributed by atoms with Gasteiger partial charge in [0.1, 0.15) is 18.4 Å². The van der Waals surface area contributed by atoms with Crippen LogP contribution in [0.5, 0.6) is 0 Å². The van der Waals surface area contributed by atoms with Gasteiger partial charge in [-0.05, 0) is 70.6 Å². The maximum atomic E-state index is 12.8. The molecule has 0 saturated heterocycles. The van der Waals surface area contributed by atoms with Crippen LogP contribution in [0.15, 0.2) is 60.8 Å². The maximum Gasteiger partial charge on any atom is 0.472 e. The number of aliphatic hydroxyl groups is 2. The van der Waals surface area contributed by atoms with Crippen LogP contribution in [-0.4, -0.2) is 88.1 Å². The van der Waals surface area contributed by atoms with Crippen molar-refractivity contribution in [1.29, 1.82) is 0 Å². The summed E-state index contributed by atoms with van der Waals surface area (Å²) in [5.74, 6) is -3.27. The van der Waals surface area contributed by atoms with Gasteiger partial charge in [0.15, 0.2) is 6.10 Å².